The average Bonchev–Trinajstić information content (AvgIpc) is 2.19. The van der Waals surface area contributed by atoms with Gasteiger partial charge in [0, 0.05) is 19.3 Å². The molecule has 0 aliphatic rings. The Bertz CT molecular complexity index is 314. The number of hydrogen-bond acceptors (Lipinski definition) is 3. The molecule has 1 aromatic rings. The maximum atomic E-state index is 9.82. The van der Waals surface area contributed by atoms with Crippen molar-refractivity contribution in [1.29, 1.82) is 0 Å². The third-order valence-electron chi connectivity index (χ3n) is 2.62. The summed E-state index contributed by atoms with van der Waals surface area (Å²) in [4.78, 5) is 4.29. The lowest BCUT2D eigenvalue weighted by atomic mass is 9.89. The first-order valence-electron chi connectivity index (χ1n) is 5.70. The fourth-order valence-electron chi connectivity index (χ4n) is 1.25. The first kappa shape index (κ1) is 13.1. The van der Waals surface area contributed by atoms with E-state index in [9.17, 15) is 5.11 Å². The number of aliphatic hydroxyl groups excluding tert-OH is 1. The van der Waals surface area contributed by atoms with Crippen molar-refractivity contribution >= 4 is 0 Å². The molecule has 1 rings (SSSR count). The van der Waals surface area contributed by atoms with Gasteiger partial charge in [-0.25, -0.2) is 0 Å². The van der Waals surface area contributed by atoms with Crippen molar-refractivity contribution in [3.05, 3.63) is 29.6 Å². The summed E-state index contributed by atoms with van der Waals surface area (Å²) in [5.41, 5.74) is 2.10. The lowest BCUT2D eigenvalue weighted by Crippen LogP contribution is -2.36. The first-order chi connectivity index (χ1) is 7.39. The third-order valence-corrected chi connectivity index (χ3v) is 2.62. The van der Waals surface area contributed by atoms with Crippen molar-refractivity contribution in [2.45, 2.75) is 40.3 Å². The van der Waals surface area contributed by atoms with Crippen LogP contribution >= 0.6 is 0 Å². The fourth-order valence-corrected chi connectivity index (χ4v) is 1.25. The molecule has 0 saturated carbocycles. The smallest absolute Gasteiger partial charge is 0.0712 e. The number of rotatable bonds is 4. The Labute approximate surface area is 97.9 Å². The summed E-state index contributed by atoms with van der Waals surface area (Å²) in [5, 5.41) is 13.0. The minimum atomic E-state index is -0.335. The second kappa shape index (κ2) is 5.41. The molecule has 0 radical (unpaired) electrons. The summed E-state index contributed by atoms with van der Waals surface area (Å²) in [7, 11) is 0. The monoisotopic (exact) mass is 222 g/mol. The van der Waals surface area contributed by atoms with E-state index in [0.29, 0.717) is 13.1 Å². The van der Waals surface area contributed by atoms with E-state index in [1.807, 2.05) is 46.0 Å². The lowest BCUT2D eigenvalue weighted by Gasteiger charge is -2.25. The molecule has 0 spiro atoms. The van der Waals surface area contributed by atoms with Gasteiger partial charge in [0.15, 0.2) is 0 Å². The van der Waals surface area contributed by atoms with E-state index in [1.54, 1.807) is 0 Å². The molecule has 1 aromatic heterocycles. The zero-order valence-corrected chi connectivity index (χ0v) is 10.6. The number of aliphatic hydroxyl groups is 1. The molecule has 0 aromatic carbocycles. The number of aryl methyl sites for hydroxylation is 1. The maximum absolute atomic E-state index is 9.82. The molecule has 3 nitrogen and oxygen atoms in total. The van der Waals surface area contributed by atoms with Crippen LogP contribution in [0.1, 0.15) is 32.0 Å². The molecule has 3 heteroatoms. The van der Waals surface area contributed by atoms with Gasteiger partial charge in [-0.05, 0) is 24.0 Å². The van der Waals surface area contributed by atoms with E-state index < -0.39 is 0 Å². The summed E-state index contributed by atoms with van der Waals surface area (Å²) < 4.78 is 0. The maximum Gasteiger partial charge on any atom is 0.0712 e. The van der Waals surface area contributed by atoms with Crippen LogP contribution in [0.5, 0.6) is 0 Å². The Kier molecular flexibility index (Phi) is 4.44. The molecule has 16 heavy (non-hydrogen) atoms. The van der Waals surface area contributed by atoms with Crippen LogP contribution in [0.2, 0.25) is 0 Å². The van der Waals surface area contributed by atoms with Gasteiger partial charge in [0.2, 0.25) is 0 Å². The van der Waals surface area contributed by atoms with E-state index in [-0.39, 0.29) is 11.5 Å². The van der Waals surface area contributed by atoms with Gasteiger partial charge in [0.05, 0.1) is 11.8 Å². The van der Waals surface area contributed by atoms with Gasteiger partial charge in [-0.3, -0.25) is 4.98 Å². The van der Waals surface area contributed by atoms with Gasteiger partial charge in [0.1, 0.15) is 0 Å². The number of nitrogens with zero attached hydrogens (tertiary/aromatic N) is 1. The van der Waals surface area contributed by atoms with Gasteiger partial charge in [-0.15, -0.1) is 0 Å². The number of nitrogens with one attached hydrogen (secondary N) is 1. The number of aromatic nitrogens is 1. The summed E-state index contributed by atoms with van der Waals surface area (Å²) in [6, 6.07) is 4.05. The normalized spacial score (nSPS) is 13.8. The van der Waals surface area contributed by atoms with Crippen LogP contribution in [0.3, 0.4) is 0 Å². The molecular weight excluding hydrogens is 200 g/mol. The Hall–Kier alpha value is -0.930. The topological polar surface area (TPSA) is 45.1 Å². The summed E-state index contributed by atoms with van der Waals surface area (Å²) in [6.07, 6.45) is 1.52. The lowest BCUT2D eigenvalue weighted by molar-refractivity contribution is 0.0627. The Morgan fingerprint density at radius 3 is 2.56 bits per heavy atom. The Morgan fingerprint density at radius 1 is 1.38 bits per heavy atom. The van der Waals surface area contributed by atoms with E-state index in [1.165, 1.54) is 5.56 Å². The molecule has 0 saturated heterocycles. The van der Waals surface area contributed by atoms with Crippen LogP contribution < -0.4 is 5.32 Å². The van der Waals surface area contributed by atoms with Crippen LogP contribution in [-0.4, -0.2) is 22.7 Å². The number of pyridine rings is 1. The minimum Gasteiger partial charge on any atom is -0.391 e. The van der Waals surface area contributed by atoms with E-state index in [4.69, 9.17) is 0 Å². The van der Waals surface area contributed by atoms with Crippen molar-refractivity contribution in [3.63, 3.8) is 0 Å². The van der Waals surface area contributed by atoms with Gasteiger partial charge < -0.3 is 10.4 Å². The molecular formula is C13H22N2O. The molecule has 1 atom stereocenters. The first-order valence-corrected chi connectivity index (χ1v) is 5.70. The molecule has 0 bridgehead atoms. The highest BCUT2D eigenvalue weighted by molar-refractivity contribution is 5.11. The highest BCUT2D eigenvalue weighted by atomic mass is 16.3. The van der Waals surface area contributed by atoms with Crippen molar-refractivity contribution in [1.82, 2.24) is 10.3 Å². The average molecular weight is 222 g/mol. The fraction of sp³-hybridized carbons (Fsp3) is 0.615. The van der Waals surface area contributed by atoms with Crippen molar-refractivity contribution < 1.29 is 5.11 Å². The highest BCUT2D eigenvalue weighted by Gasteiger charge is 2.21. The van der Waals surface area contributed by atoms with E-state index in [2.05, 4.69) is 10.3 Å². The third kappa shape index (κ3) is 4.29. The molecule has 0 fully saturated rings. The zero-order valence-electron chi connectivity index (χ0n) is 10.6. The largest absolute Gasteiger partial charge is 0.391 e. The molecule has 0 aliphatic heterocycles. The van der Waals surface area contributed by atoms with E-state index >= 15 is 0 Å². The van der Waals surface area contributed by atoms with Gasteiger partial charge >= 0.3 is 0 Å². The summed E-state index contributed by atoms with van der Waals surface area (Å²) in [5.74, 6) is 0. The summed E-state index contributed by atoms with van der Waals surface area (Å²) >= 11 is 0. The zero-order chi connectivity index (χ0) is 12.2. The van der Waals surface area contributed by atoms with Crippen LogP contribution in [0.15, 0.2) is 18.3 Å². The Morgan fingerprint density at radius 2 is 2.06 bits per heavy atom. The van der Waals surface area contributed by atoms with Crippen LogP contribution in [-0.2, 0) is 6.54 Å². The molecule has 0 aliphatic carbocycles. The Balaban J connectivity index is 2.33. The van der Waals surface area contributed by atoms with Crippen LogP contribution in [0, 0.1) is 12.3 Å². The van der Waals surface area contributed by atoms with Gasteiger partial charge in [-0.2, -0.15) is 0 Å². The molecule has 2 N–H and O–H groups in total. The molecule has 1 heterocycles. The van der Waals surface area contributed by atoms with Crippen LogP contribution in [0.25, 0.3) is 0 Å². The van der Waals surface area contributed by atoms with Crippen molar-refractivity contribution in [2.75, 3.05) is 6.54 Å². The molecule has 0 amide bonds. The standard InChI is InChI=1S/C13H22N2O/c1-10-5-6-11(15-7-10)8-14-9-12(16)13(2,3)4/h5-7,12,14,16H,8-9H2,1-4H3. The predicted molar refractivity (Wildman–Crippen MR) is 66.1 cm³/mol. The minimum absolute atomic E-state index is 0.0757. The molecule has 90 valence electrons. The molecule has 1 unspecified atom stereocenters. The second-order valence-electron chi connectivity index (χ2n) is 5.34. The number of hydrogen-bond donors (Lipinski definition) is 2. The SMILES string of the molecule is Cc1ccc(CNCC(O)C(C)(C)C)nc1. The predicted octanol–water partition coefficient (Wildman–Crippen LogP) is 1.89. The quantitative estimate of drug-likeness (QED) is 0.817. The van der Waals surface area contributed by atoms with E-state index in [0.717, 1.165) is 5.69 Å². The van der Waals surface area contributed by atoms with Crippen LogP contribution in [0.4, 0.5) is 0 Å². The highest BCUT2D eigenvalue weighted by Crippen LogP contribution is 2.18. The van der Waals surface area contributed by atoms with Crippen molar-refractivity contribution in [3.8, 4) is 0 Å². The van der Waals surface area contributed by atoms with Gasteiger partial charge in [0.25, 0.3) is 0 Å². The summed E-state index contributed by atoms with van der Waals surface area (Å²) in [6.45, 7) is 9.41. The van der Waals surface area contributed by atoms with Crippen molar-refractivity contribution in [2.24, 2.45) is 5.41 Å². The van der Waals surface area contributed by atoms with Gasteiger partial charge in [-0.1, -0.05) is 26.8 Å². The second-order valence-corrected chi connectivity index (χ2v) is 5.34.